The van der Waals surface area contributed by atoms with E-state index in [0.29, 0.717) is 13.0 Å². The minimum Gasteiger partial charge on any atom is -0.395 e. The molecule has 1 atom stereocenters. The van der Waals surface area contributed by atoms with Crippen molar-refractivity contribution in [2.75, 3.05) is 13.2 Å². The van der Waals surface area contributed by atoms with Crippen LogP contribution in [0.2, 0.25) is 5.02 Å². The number of halogens is 1. The van der Waals surface area contributed by atoms with Crippen molar-refractivity contribution in [3.8, 4) is 0 Å². The molecule has 1 fully saturated rings. The largest absolute Gasteiger partial charge is 0.395 e. The third-order valence-corrected chi connectivity index (χ3v) is 5.28. The zero-order valence-corrected chi connectivity index (χ0v) is 10.7. The number of pyridine rings is 1. The minimum atomic E-state index is -3.65. The van der Waals surface area contributed by atoms with Crippen molar-refractivity contribution in [2.45, 2.75) is 23.8 Å². The number of rotatable bonds is 3. The highest BCUT2D eigenvalue weighted by molar-refractivity contribution is 7.89. The summed E-state index contributed by atoms with van der Waals surface area (Å²) in [7, 11) is -3.65. The quantitative estimate of drug-likeness (QED) is 0.890. The Labute approximate surface area is 105 Å². The van der Waals surface area contributed by atoms with E-state index in [1.807, 2.05) is 0 Å². The van der Waals surface area contributed by atoms with Crippen molar-refractivity contribution in [3.63, 3.8) is 0 Å². The average molecular weight is 277 g/mol. The summed E-state index contributed by atoms with van der Waals surface area (Å²) in [4.78, 5) is 3.78. The van der Waals surface area contributed by atoms with Crippen LogP contribution in [-0.4, -0.2) is 42.0 Å². The summed E-state index contributed by atoms with van der Waals surface area (Å²) in [6.45, 7) is 0.246. The van der Waals surface area contributed by atoms with Crippen LogP contribution in [0.5, 0.6) is 0 Å². The maximum Gasteiger partial charge on any atom is 0.246 e. The molecule has 1 saturated heterocycles. The van der Waals surface area contributed by atoms with Gasteiger partial charge in [0.2, 0.25) is 10.0 Å². The van der Waals surface area contributed by atoms with Crippen LogP contribution in [0.4, 0.5) is 0 Å². The number of nitrogens with zero attached hydrogens (tertiary/aromatic N) is 2. The first-order chi connectivity index (χ1) is 8.07. The fraction of sp³-hybridized carbons (Fsp3) is 0.500. The second kappa shape index (κ2) is 4.89. The molecule has 94 valence electrons. The molecular weight excluding hydrogens is 264 g/mol. The van der Waals surface area contributed by atoms with Crippen LogP contribution < -0.4 is 0 Å². The number of aromatic nitrogens is 1. The Kier molecular flexibility index (Phi) is 3.67. The minimum absolute atomic E-state index is 0.00187. The molecule has 17 heavy (non-hydrogen) atoms. The first-order valence-electron chi connectivity index (χ1n) is 5.29. The molecule has 1 unspecified atom stereocenters. The van der Waals surface area contributed by atoms with Gasteiger partial charge in [0.15, 0.2) is 0 Å². The van der Waals surface area contributed by atoms with E-state index >= 15 is 0 Å². The molecule has 0 bridgehead atoms. The second-order valence-corrected chi connectivity index (χ2v) is 6.17. The van der Waals surface area contributed by atoms with Crippen molar-refractivity contribution in [3.05, 3.63) is 23.5 Å². The van der Waals surface area contributed by atoms with Crippen molar-refractivity contribution < 1.29 is 13.5 Å². The standard InChI is InChI=1S/C10H13ClN2O3S/c11-9-3-4-12-6-10(9)17(15,16)13-5-1-2-8(13)7-14/h3-4,6,8,14H,1-2,5,7H2. The van der Waals surface area contributed by atoms with Crippen LogP contribution in [0.1, 0.15) is 12.8 Å². The van der Waals surface area contributed by atoms with E-state index in [4.69, 9.17) is 16.7 Å². The lowest BCUT2D eigenvalue weighted by atomic mass is 10.2. The van der Waals surface area contributed by atoms with Gasteiger partial charge in [-0.25, -0.2) is 8.42 Å². The number of sulfonamides is 1. The molecule has 0 spiro atoms. The molecule has 0 aliphatic carbocycles. The van der Waals surface area contributed by atoms with Gasteiger partial charge in [-0.3, -0.25) is 4.98 Å². The van der Waals surface area contributed by atoms with E-state index in [9.17, 15) is 8.42 Å². The number of aliphatic hydroxyl groups is 1. The summed E-state index contributed by atoms with van der Waals surface area (Å²) in [5.41, 5.74) is 0. The van der Waals surface area contributed by atoms with Crippen LogP contribution >= 0.6 is 11.6 Å². The van der Waals surface area contributed by atoms with Gasteiger partial charge in [-0.2, -0.15) is 4.31 Å². The highest BCUT2D eigenvalue weighted by Crippen LogP contribution is 2.29. The van der Waals surface area contributed by atoms with Gasteiger partial charge in [-0.15, -0.1) is 0 Å². The van der Waals surface area contributed by atoms with Gasteiger partial charge in [0, 0.05) is 25.0 Å². The Hall–Kier alpha value is -0.690. The number of aliphatic hydroxyl groups excluding tert-OH is 1. The maximum atomic E-state index is 12.3. The Morgan fingerprint density at radius 1 is 1.59 bits per heavy atom. The van der Waals surface area contributed by atoms with Gasteiger partial charge < -0.3 is 5.11 Å². The summed E-state index contributed by atoms with van der Waals surface area (Å²) in [5.74, 6) is 0. The van der Waals surface area contributed by atoms with E-state index in [1.54, 1.807) is 0 Å². The van der Waals surface area contributed by atoms with Crippen LogP contribution in [0.15, 0.2) is 23.4 Å². The summed E-state index contributed by atoms with van der Waals surface area (Å²) in [6, 6.07) is 1.09. The lowest BCUT2D eigenvalue weighted by Gasteiger charge is -2.22. The van der Waals surface area contributed by atoms with Gasteiger partial charge in [0.25, 0.3) is 0 Å². The zero-order chi connectivity index (χ0) is 12.5. The highest BCUT2D eigenvalue weighted by Gasteiger charge is 2.35. The maximum absolute atomic E-state index is 12.3. The molecule has 2 heterocycles. The fourth-order valence-electron chi connectivity index (χ4n) is 1.99. The Balaban J connectivity index is 2.40. The van der Waals surface area contributed by atoms with E-state index in [0.717, 1.165) is 6.42 Å². The predicted molar refractivity (Wildman–Crippen MR) is 63.2 cm³/mol. The monoisotopic (exact) mass is 276 g/mol. The first-order valence-corrected chi connectivity index (χ1v) is 7.11. The van der Waals surface area contributed by atoms with E-state index in [1.165, 1.54) is 22.8 Å². The fourth-order valence-corrected chi connectivity index (χ4v) is 4.08. The van der Waals surface area contributed by atoms with E-state index in [2.05, 4.69) is 4.98 Å². The molecule has 0 amide bonds. The number of hydrogen-bond donors (Lipinski definition) is 1. The van der Waals surface area contributed by atoms with Crippen molar-refractivity contribution in [1.82, 2.24) is 9.29 Å². The van der Waals surface area contributed by atoms with E-state index in [-0.39, 0.29) is 22.6 Å². The van der Waals surface area contributed by atoms with Crippen LogP contribution in [0, 0.1) is 0 Å². The molecule has 1 aromatic heterocycles. The summed E-state index contributed by atoms with van der Waals surface area (Å²) >= 11 is 5.87. The van der Waals surface area contributed by atoms with Gasteiger partial charge in [0.05, 0.1) is 11.6 Å². The summed E-state index contributed by atoms with van der Waals surface area (Å²) in [6.07, 6.45) is 4.11. The smallest absolute Gasteiger partial charge is 0.246 e. The Morgan fingerprint density at radius 3 is 3.00 bits per heavy atom. The molecule has 5 nitrogen and oxygen atoms in total. The Bertz CT molecular complexity index is 506. The van der Waals surface area contributed by atoms with Crippen molar-refractivity contribution in [2.24, 2.45) is 0 Å². The zero-order valence-electron chi connectivity index (χ0n) is 9.08. The molecule has 0 aromatic carbocycles. The van der Waals surface area contributed by atoms with Crippen molar-refractivity contribution in [1.29, 1.82) is 0 Å². The molecule has 0 saturated carbocycles. The van der Waals surface area contributed by atoms with Gasteiger partial charge in [0.1, 0.15) is 4.90 Å². The topological polar surface area (TPSA) is 70.5 Å². The lowest BCUT2D eigenvalue weighted by molar-refractivity contribution is 0.213. The van der Waals surface area contributed by atoms with Crippen molar-refractivity contribution >= 4 is 21.6 Å². The second-order valence-electron chi connectivity index (χ2n) is 3.90. The first kappa shape index (κ1) is 12.8. The summed E-state index contributed by atoms with van der Waals surface area (Å²) < 4.78 is 25.9. The molecular formula is C10H13ClN2O3S. The SMILES string of the molecule is O=S(=O)(c1cnccc1Cl)N1CCCC1CO. The predicted octanol–water partition coefficient (Wildman–Crippen LogP) is 0.880. The van der Waals surface area contributed by atoms with Gasteiger partial charge in [-0.05, 0) is 18.9 Å². The van der Waals surface area contributed by atoms with Gasteiger partial charge in [-0.1, -0.05) is 11.6 Å². The highest BCUT2D eigenvalue weighted by atomic mass is 35.5. The van der Waals surface area contributed by atoms with Gasteiger partial charge >= 0.3 is 0 Å². The third kappa shape index (κ3) is 2.30. The lowest BCUT2D eigenvalue weighted by Crippen LogP contribution is -2.37. The van der Waals surface area contributed by atoms with E-state index < -0.39 is 10.0 Å². The van der Waals surface area contributed by atoms with Crippen LogP contribution in [0.3, 0.4) is 0 Å². The molecule has 7 heteroatoms. The molecule has 1 aliphatic rings. The molecule has 2 rings (SSSR count). The molecule has 0 radical (unpaired) electrons. The van der Waals surface area contributed by atoms with Crippen LogP contribution in [-0.2, 0) is 10.0 Å². The molecule has 1 aliphatic heterocycles. The molecule has 1 aromatic rings. The normalized spacial score (nSPS) is 21.9. The Morgan fingerprint density at radius 2 is 2.35 bits per heavy atom. The number of hydrogen-bond acceptors (Lipinski definition) is 4. The average Bonchev–Trinajstić information content (AvgIpc) is 2.78. The summed E-state index contributed by atoms with van der Waals surface area (Å²) in [5, 5.41) is 9.32. The third-order valence-electron chi connectivity index (χ3n) is 2.85. The molecule has 1 N–H and O–H groups in total. The van der Waals surface area contributed by atoms with Crippen LogP contribution in [0.25, 0.3) is 0 Å².